The van der Waals surface area contributed by atoms with Crippen LogP contribution in [0.4, 0.5) is 18.0 Å². The number of carbonyl (C=O) groups excluding carboxylic acids is 1. The minimum Gasteiger partial charge on any atom is -0.379 e. The number of nitrogens with zero attached hydrogens (tertiary/aromatic N) is 1. The van der Waals surface area contributed by atoms with E-state index in [0.29, 0.717) is 19.6 Å². The van der Waals surface area contributed by atoms with Gasteiger partial charge in [0.1, 0.15) is 6.54 Å². The first-order valence-corrected chi connectivity index (χ1v) is 4.55. The summed E-state index contributed by atoms with van der Waals surface area (Å²) in [6, 6.07) is -0.846. The molecule has 2 amide bonds. The van der Waals surface area contributed by atoms with E-state index in [1.54, 1.807) is 5.32 Å². The van der Waals surface area contributed by atoms with Gasteiger partial charge in [0, 0.05) is 13.7 Å². The van der Waals surface area contributed by atoms with Gasteiger partial charge in [-0.1, -0.05) is 0 Å². The number of nitrogens with one attached hydrogen (secondary N) is 1. The summed E-state index contributed by atoms with van der Waals surface area (Å²) in [7, 11) is 1.46. The first kappa shape index (κ1) is 12.1. The van der Waals surface area contributed by atoms with Crippen LogP contribution in [0, 0.1) is 0 Å². The van der Waals surface area contributed by atoms with Crippen molar-refractivity contribution in [2.45, 2.75) is 18.6 Å². The van der Waals surface area contributed by atoms with Crippen LogP contribution in [-0.4, -0.2) is 50.0 Å². The predicted molar refractivity (Wildman–Crippen MR) is 46.4 cm³/mol. The van der Waals surface area contributed by atoms with Crippen LogP contribution in [0.5, 0.6) is 0 Å². The standard InChI is InChI=1S/C8H13F3N2O2/c1-13(6-2-3-15-4-6)7(14)12-5-8(9,10)11/h6H,2-5H2,1H3,(H,12,14). The van der Waals surface area contributed by atoms with E-state index in [4.69, 9.17) is 4.74 Å². The molecule has 0 aromatic rings. The van der Waals surface area contributed by atoms with Gasteiger partial charge in [0.2, 0.25) is 0 Å². The second-order valence-corrected chi connectivity index (χ2v) is 3.40. The zero-order valence-corrected chi connectivity index (χ0v) is 8.30. The summed E-state index contributed by atoms with van der Waals surface area (Å²) in [5.74, 6) is 0. The molecule has 0 aromatic heterocycles. The molecule has 1 N–H and O–H groups in total. The van der Waals surface area contributed by atoms with E-state index in [0.717, 1.165) is 0 Å². The fourth-order valence-electron chi connectivity index (χ4n) is 1.29. The maximum absolute atomic E-state index is 11.8. The summed E-state index contributed by atoms with van der Waals surface area (Å²) < 4.78 is 40.4. The van der Waals surface area contributed by atoms with Crippen LogP contribution in [0.15, 0.2) is 0 Å². The monoisotopic (exact) mass is 226 g/mol. The van der Waals surface area contributed by atoms with Crippen LogP contribution in [-0.2, 0) is 4.74 Å². The number of rotatable bonds is 2. The van der Waals surface area contributed by atoms with Crippen molar-refractivity contribution in [2.75, 3.05) is 26.8 Å². The van der Waals surface area contributed by atoms with E-state index in [1.165, 1.54) is 11.9 Å². The Balaban J connectivity index is 2.32. The van der Waals surface area contributed by atoms with Crippen molar-refractivity contribution in [3.05, 3.63) is 0 Å². The molecule has 0 bridgehead atoms. The van der Waals surface area contributed by atoms with Crippen LogP contribution in [0.2, 0.25) is 0 Å². The Morgan fingerprint density at radius 2 is 2.27 bits per heavy atom. The molecule has 0 aromatic carbocycles. The average molecular weight is 226 g/mol. The molecule has 1 aliphatic rings. The van der Waals surface area contributed by atoms with E-state index in [-0.39, 0.29) is 6.04 Å². The quantitative estimate of drug-likeness (QED) is 0.762. The summed E-state index contributed by atoms with van der Waals surface area (Å²) in [4.78, 5) is 12.5. The van der Waals surface area contributed by atoms with E-state index in [1.807, 2.05) is 0 Å². The lowest BCUT2D eigenvalue weighted by atomic mass is 10.2. The first-order chi connectivity index (χ1) is 6.90. The smallest absolute Gasteiger partial charge is 0.379 e. The van der Waals surface area contributed by atoms with Crippen LogP contribution in [0.3, 0.4) is 0 Å². The third-order valence-corrected chi connectivity index (χ3v) is 2.21. The highest BCUT2D eigenvalue weighted by Crippen LogP contribution is 2.14. The molecule has 1 heterocycles. The maximum atomic E-state index is 11.8. The zero-order chi connectivity index (χ0) is 11.5. The number of likely N-dealkylation sites (N-methyl/N-ethyl adjacent to an activating group) is 1. The molecule has 1 saturated heterocycles. The van der Waals surface area contributed by atoms with Crippen molar-refractivity contribution in [2.24, 2.45) is 0 Å². The van der Waals surface area contributed by atoms with E-state index in [9.17, 15) is 18.0 Å². The SMILES string of the molecule is CN(C(=O)NCC(F)(F)F)C1CCOC1. The molecule has 0 aliphatic carbocycles. The highest BCUT2D eigenvalue weighted by atomic mass is 19.4. The zero-order valence-electron chi connectivity index (χ0n) is 8.30. The lowest BCUT2D eigenvalue weighted by Gasteiger charge is -2.23. The van der Waals surface area contributed by atoms with Gasteiger partial charge < -0.3 is 15.0 Å². The van der Waals surface area contributed by atoms with Crippen molar-refractivity contribution in [1.82, 2.24) is 10.2 Å². The number of hydrogen-bond donors (Lipinski definition) is 1. The Hall–Kier alpha value is -0.980. The lowest BCUT2D eigenvalue weighted by Crippen LogP contribution is -2.46. The van der Waals surface area contributed by atoms with E-state index < -0.39 is 18.8 Å². The number of carbonyl (C=O) groups is 1. The maximum Gasteiger partial charge on any atom is 0.405 e. The summed E-state index contributed by atoms with van der Waals surface area (Å²) in [5.41, 5.74) is 0. The minimum atomic E-state index is -4.37. The van der Waals surface area contributed by atoms with Gasteiger partial charge in [0.05, 0.1) is 12.6 Å². The van der Waals surface area contributed by atoms with Crippen molar-refractivity contribution in [3.63, 3.8) is 0 Å². The molecule has 0 spiro atoms. The van der Waals surface area contributed by atoms with Crippen molar-refractivity contribution >= 4 is 6.03 Å². The summed E-state index contributed by atoms with van der Waals surface area (Å²) in [5, 5.41) is 1.81. The highest BCUT2D eigenvalue weighted by molar-refractivity contribution is 5.74. The normalized spacial score (nSPS) is 21.5. The number of ether oxygens (including phenoxy) is 1. The van der Waals surface area contributed by atoms with Crippen molar-refractivity contribution < 1.29 is 22.7 Å². The van der Waals surface area contributed by atoms with Gasteiger partial charge in [-0.15, -0.1) is 0 Å². The highest BCUT2D eigenvalue weighted by Gasteiger charge is 2.30. The van der Waals surface area contributed by atoms with Gasteiger partial charge in [0.25, 0.3) is 0 Å². The second-order valence-electron chi connectivity index (χ2n) is 3.40. The van der Waals surface area contributed by atoms with Gasteiger partial charge in [-0.25, -0.2) is 4.79 Å². The summed E-state index contributed by atoms with van der Waals surface area (Å²) in [6.45, 7) is -0.374. The Bertz CT molecular complexity index is 226. The number of urea groups is 1. The minimum absolute atomic E-state index is 0.127. The Morgan fingerprint density at radius 3 is 2.73 bits per heavy atom. The van der Waals surface area contributed by atoms with E-state index in [2.05, 4.69) is 0 Å². The van der Waals surface area contributed by atoms with Gasteiger partial charge in [-0.2, -0.15) is 13.2 Å². The molecule has 1 aliphatic heterocycles. The fourth-order valence-corrected chi connectivity index (χ4v) is 1.29. The van der Waals surface area contributed by atoms with Gasteiger partial charge >= 0.3 is 12.2 Å². The molecule has 15 heavy (non-hydrogen) atoms. The molecule has 0 radical (unpaired) electrons. The number of amides is 2. The van der Waals surface area contributed by atoms with Crippen LogP contribution >= 0.6 is 0 Å². The summed E-state index contributed by atoms with van der Waals surface area (Å²) >= 11 is 0. The molecule has 88 valence electrons. The lowest BCUT2D eigenvalue weighted by molar-refractivity contribution is -0.123. The molecule has 1 rings (SSSR count). The number of halogens is 3. The molecule has 1 atom stereocenters. The largest absolute Gasteiger partial charge is 0.405 e. The molecule has 7 heteroatoms. The summed E-state index contributed by atoms with van der Waals surface area (Å²) in [6.07, 6.45) is -3.71. The topological polar surface area (TPSA) is 41.6 Å². The van der Waals surface area contributed by atoms with Crippen LogP contribution in [0.25, 0.3) is 0 Å². The molecule has 1 fully saturated rings. The Kier molecular flexibility index (Phi) is 3.78. The van der Waals surface area contributed by atoms with Crippen LogP contribution < -0.4 is 5.32 Å². The second kappa shape index (κ2) is 4.69. The van der Waals surface area contributed by atoms with Crippen LogP contribution in [0.1, 0.15) is 6.42 Å². The number of hydrogen-bond acceptors (Lipinski definition) is 2. The number of alkyl halides is 3. The van der Waals surface area contributed by atoms with Gasteiger partial charge in [-0.3, -0.25) is 0 Å². The van der Waals surface area contributed by atoms with Crippen molar-refractivity contribution in [1.29, 1.82) is 0 Å². The molecular formula is C8H13F3N2O2. The predicted octanol–water partition coefficient (Wildman–Crippen LogP) is 0.979. The van der Waals surface area contributed by atoms with Crippen molar-refractivity contribution in [3.8, 4) is 0 Å². The van der Waals surface area contributed by atoms with Gasteiger partial charge in [-0.05, 0) is 6.42 Å². The Morgan fingerprint density at radius 1 is 1.60 bits per heavy atom. The molecule has 1 unspecified atom stereocenters. The van der Waals surface area contributed by atoms with Gasteiger partial charge in [0.15, 0.2) is 0 Å². The Labute approximate surface area is 85.4 Å². The third kappa shape index (κ3) is 3.94. The van der Waals surface area contributed by atoms with E-state index >= 15 is 0 Å². The first-order valence-electron chi connectivity index (χ1n) is 4.55. The molecular weight excluding hydrogens is 213 g/mol. The third-order valence-electron chi connectivity index (χ3n) is 2.21. The fraction of sp³-hybridized carbons (Fsp3) is 0.875. The molecule has 0 saturated carbocycles. The molecule has 4 nitrogen and oxygen atoms in total. The average Bonchev–Trinajstić information content (AvgIpc) is 2.64.